The Morgan fingerprint density at radius 2 is 1.24 bits per heavy atom. The predicted molar refractivity (Wildman–Crippen MR) is 176 cm³/mol. The Kier molecular flexibility index (Phi) is 15.4. The fourth-order valence-corrected chi connectivity index (χ4v) is 4.82. The Balaban J connectivity index is 1.46. The quantitative estimate of drug-likeness (QED) is 0.0566. The maximum absolute atomic E-state index is 13.3. The van der Waals surface area contributed by atoms with Crippen LogP contribution in [0.3, 0.4) is 0 Å². The van der Waals surface area contributed by atoms with Crippen molar-refractivity contribution in [3.8, 4) is 22.6 Å². The number of esters is 2. The second kappa shape index (κ2) is 19.4. The minimum atomic E-state index is -4.62. The number of hydrogen-bond donors (Lipinski definition) is 0. The largest absolute Gasteiger partial charge is 0.494 e. The third-order valence-electron chi connectivity index (χ3n) is 7.52. The zero-order chi connectivity index (χ0) is 33.2. The summed E-state index contributed by atoms with van der Waals surface area (Å²) >= 11 is 0. The van der Waals surface area contributed by atoms with Gasteiger partial charge in [-0.05, 0) is 78.4 Å². The molecule has 0 fully saturated rings. The molecule has 0 N–H and O–H groups in total. The first kappa shape index (κ1) is 36.4. The lowest BCUT2D eigenvalue weighted by Gasteiger charge is -2.19. The SMILES string of the molecule is CCCCCCCCOc1ccc(-c2ccc(C(=O)Oc3ccc(C=CC(=O)O[C@H](CCCCCC)C(F)(F)F)cc3)cc2)cc1. The number of rotatable bonds is 19. The molecule has 5 nitrogen and oxygen atoms in total. The van der Waals surface area contributed by atoms with E-state index in [2.05, 4.69) is 11.7 Å². The van der Waals surface area contributed by atoms with Crippen LogP contribution in [0.25, 0.3) is 17.2 Å². The van der Waals surface area contributed by atoms with Crippen molar-refractivity contribution in [3.05, 3.63) is 90.0 Å². The highest BCUT2D eigenvalue weighted by atomic mass is 19.4. The third-order valence-corrected chi connectivity index (χ3v) is 7.52. The van der Waals surface area contributed by atoms with Gasteiger partial charge in [0.2, 0.25) is 0 Å². The molecule has 0 spiro atoms. The number of benzene rings is 3. The molecule has 1 atom stereocenters. The van der Waals surface area contributed by atoms with Crippen molar-refractivity contribution >= 4 is 18.0 Å². The normalized spacial score (nSPS) is 12.2. The molecule has 0 aliphatic rings. The van der Waals surface area contributed by atoms with E-state index in [9.17, 15) is 22.8 Å². The Bertz CT molecular complexity index is 1350. The van der Waals surface area contributed by atoms with Crippen LogP contribution >= 0.6 is 0 Å². The molecule has 0 saturated carbocycles. The summed E-state index contributed by atoms with van der Waals surface area (Å²) in [5.41, 5.74) is 2.86. The van der Waals surface area contributed by atoms with Gasteiger partial charge in [-0.25, -0.2) is 9.59 Å². The summed E-state index contributed by atoms with van der Waals surface area (Å²) in [6.07, 6.45) is 5.35. The molecule has 3 rings (SSSR count). The van der Waals surface area contributed by atoms with Gasteiger partial charge in [-0.3, -0.25) is 0 Å². The van der Waals surface area contributed by atoms with Gasteiger partial charge in [-0.15, -0.1) is 0 Å². The first-order valence-corrected chi connectivity index (χ1v) is 16.3. The molecule has 0 saturated heterocycles. The standard InChI is InChI=1S/C38H45F3O5/c1-3-5-7-9-10-12-28-44-33-25-21-31(22-26-33)30-17-19-32(20-18-30)37(43)45-34-23-14-29(15-24-34)16-27-36(42)46-35(38(39,40)41)13-11-8-6-4-2/h14-27,35H,3-13,28H2,1-2H3/t35-/m1/s1. The Morgan fingerprint density at radius 3 is 1.85 bits per heavy atom. The van der Waals surface area contributed by atoms with E-state index in [0.717, 1.165) is 42.2 Å². The van der Waals surface area contributed by atoms with Gasteiger partial charge in [0, 0.05) is 6.08 Å². The highest BCUT2D eigenvalue weighted by Gasteiger charge is 2.42. The number of hydrogen-bond acceptors (Lipinski definition) is 5. The van der Waals surface area contributed by atoms with Crippen LogP contribution in [0, 0.1) is 0 Å². The number of ether oxygens (including phenoxy) is 3. The average molecular weight is 639 g/mol. The lowest BCUT2D eigenvalue weighted by Crippen LogP contribution is -2.33. The van der Waals surface area contributed by atoms with Crippen LogP contribution in [0.2, 0.25) is 0 Å². The van der Waals surface area contributed by atoms with E-state index < -0.39 is 24.2 Å². The van der Waals surface area contributed by atoms with Gasteiger partial charge >= 0.3 is 18.1 Å². The van der Waals surface area contributed by atoms with Crippen LogP contribution in [0.5, 0.6) is 11.5 Å². The number of alkyl halides is 3. The Hall–Kier alpha value is -4.07. The molecule has 0 bridgehead atoms. The lowest BCUT2D eigenvalue weighted by molar-refractivity contribution is -0.220. The van der Waals surface area contributed by atoms with E-state index in [4.69, 9.17) is 9.47 Å². The second-order valence-corrected chi connectivity index (χ2v) is 11.3. The summed E-state index contributed by atoms with van der Waals surface area (Å²) in [4.78, 5) is 24.8. The molecule has 0 aliphatic carbocycles. The first-order valence-electron chi connectivity index (χ1n) is 16.3. The number of carbonyl (C=O) groups excluding carboxylic acids is 2. The van der Waals surface area contributed by atoms with Crippen molar-refractivity contribution in [1.82, 2.24) is 0 Å². The van der Waals surface area contributed by atoms with Crippen molar-refractivity contribution in [3.63, 3.8) is 0 Å². The lowest BCUT2D eigenvalue weighted by atomic mass is 10.0. The fraction of sp³-hybridized carbons (Fsp3) is 0.421. The molecule has 3 aromatic rings. The van der Waals surface area contributed by atoms with Crippen molar-refractivity contribution < 1.29 is 37.0 Å². The molecule has 8 heteroatoms. The predicted octanol–water partition coefficient (Wildman–Crippen LogP) is 10.8. The zero-order valence-corrected chi connectivity index (χ0v) is 26.8. The van der Waals surface area contributed by atoms with Crippen LogP contribution in [-0.2, 0) is 9.53 Å². The Morgan fingerprint density at radius 1 is 0.696 bits per heavy atom. The van der Waals surface area contributed by atoms with Gasteiger partial charge in [0.15, 0.2) is 6.10 Å². The first-order chi connectivity index (χ1) is 22.2. The van der Waals surface area contributed by atoms with Crippen molar-refractivity contribution in [2.45, 2.75) is 96.8 Å². The highest BCUT2D eigenvalue weighted by molar-refractivity contribution is 5.91. The summed E-state index contributed by atoms with van der Waals surface area (Å²) in [5.74, 6) is -0.477. The number of carbonyl (C=O) groups is 2. The summed E-state index contributed by atoms with van der Waals surface area (Å²) in [6, 6.07) is 21.2. The van der Waals surface area contributed by atoms with Gasteiger partial charge < -0.3 is 14.2 Å². The molecular formula is C38H45F3O5. The van der Waals surface area contributed by atoms with Crippen LogP contribution in [-0.4, -0.2) is 30.8 Å². The average Bonchev–Trinajstić information content (AvgIpc) is 3.05. The van der Waals surface area contributed by atoms with Gasteiger partial charge in [0.1, 0.15) is 11.5 Å². The molecule has 0 unspecified atom stereocenters. The smallest absolute Gasteiger partial charge is 0.425 e. The van der Waals surface area contributed by atoms with Crippen LogP contribution in [0.1, 0.15) is 100 Å². The minimum absolute atomic E-state index is 0.256. The third kappa shape index (κ3) is 13.1. The molecule has 0 amide bonds. The molecule has 0 heterocycles. The summed E-state index contributed by atoms with van der Waals surface area (Å²) < 4.78 is 55.8. The van der Waals surface area contributed by atoms with Crippen molar-refractivity contribution in [2.24, 2.45) is 0 Å². The topological polar surface area (TPSA) is 61.8 Å². The summed E-state index contributed by atoms with van der Waals surface area (Å²) in [5, 5.41) is 0. The maximum atomic E-state index is 13.3. The monoisotopic (exact) mass is 638 g/mol. The van der Waals surface area contributed by atoms with Crippen LogP contribution in [0.4, 0.5) is 13.2 Å². The molecule has 3 aromatic carbocycles. The van der Waals surface area contributed by atoms with Gasteiger partial charge in [0.25, 0.3) is 0 Å². The van der Waals surface area contributed by atoms with E-state index in [1.807, 2.05) is 43.3 Å². The van der Waals surface area contributed by atoms with Crippen molar-refractivity contribution in [2.75, 3.05) is 6.61 Å². The number of unbranched alkanes of at least 4 members (excludes halogenated alkanes) is 8. The van der Waals surface area contributed by atoms with Crippen LogP contribution in [0.15, 0.2) is 78.9 Å². The minimum Gasteiger partial charge on any atom is -0.494 e. The number of halogens is 3. The zero-order valence-electron chi connectivity index (χ0n) is 26.8. The van der Waals surface area contributed by atoms with Gasteiger partial charge in [-0.2, -0.15) is 13.2 Å². The summed E-state index contributed by atoms with van der Waals surface area (Å²) in [6.45, 7) is 4.89. The van der Waals surface area contributed by atoms with Crippen molar-refractivity contribution in [1.29, 1.82) is 0 Å². The van der Waals surface area contributed by atoms with E-state index in [1.54, 1.807) is 36.4 Å². The molecule has 0 aromatic heterocycles. The molecule has 0 aliphatic heterocycles. The van der Waals surface area contributed by atoms with E-state index in [1.165, 1.54) is 38.2 Å². The summed E-state index contributed by atoms with van der Waals surface area (Å²) in [7, 11) is 0. The van der Waals surface area contributed by atoms with Crippen LogP contribution < -0.4 is 9.47 Å². The second-order valence-electron chi connectivity index (χ2n) is 11.3. The van der Waals surface area contributed by atoms with E-state index in [-0.39, 0.29) is 12.2 Å². The van der Waals surface area contributed by atoms with Gasteiger partial charge in [-0.1, -0.05) is 102 Å². The molecular weight excluding hydrogens is 593 g/mol. The molecule has 46 heavy (non-hydrogen) atoms. The molecule has 248 valence electrons. The maximum Gasteiger partial charge on any atom is 0.425 e. The fourth-order valence-electron chi connectivity index (χ4n) is 4.82. The Labute approximate surface area is 270 Å². The molecule has 0 radical (unpaired) electrons. The highest BCUT2D eigenvalue weighted by Crippen LogP contribution is 2.28. The van der Waals surface area contributed by atoms with Gasteiger partial charge in [0.05, 0.1) is 12.2 Å². The van der Waals surface area contributed by atoms with E-state index in [0.29, 0.717) is 30.6 Å². The van der Waals surface area contributed by atoms with E-state index >= 15 is 0 Å².